The number of aryl methyl sites for hydroxylation is 1. The van der Waals surface area contributed by atoms with Crippen molar-refractivity contribution < 1.29 is 37.7 Å². The summed E-state index contributed by atoms with van der Waals surface area (Å²) in [5.41, 5.74) is -1.66. The fourth-order valence-corrected chi connectivity index (χ4v) is 5.55. The minimum absolute atomic E-state index is 0.00131. The minimum atomic E-state index is -4.79. The normalized spacial score (nSPS) is 24.3. The summed E-state index contributed by atoms with van der Waals surface area (Å²) >= 11 is 5.67. The third kappa shape index (κ3) is 4.12. The fourth-order valence-electron chi connectivity index (χ4n) is 5.09. The average Bonchev–Trinajstić information content (AvgIpc) is 3.45. The van der Waals surface area contributed by atoms with E-state index in [0.29, 0.717) is 24.3 Å². The van der Waals surface area contributed by atoms with E-state index in [4.69, 9.17) is 27.0 Å². The van der Waals surface area contributed by atoms with Crippen molar-refractivity contribution in [1.29, 1.82) is 5.26 Å². The smallest absolute Gasteiger partial charge is 0.417 e. The highest BCUT2D eigenvalue weighted by Gasteiger charge is 2.58. The van der Waals surface area contributed by atoms with Gasteiger partial charge in [-0.25, -0.2) is 0 Å². The van der Waals surface area contributed by atoms with Gasteiger partial charge in [0.05, 0.1) is 36.1 Å². The van der Waals surface area contributed by atoms with Gasteiger partial charge in [-0.1, -0.05) is 0 Å². The van der Waals surface area contributed by atoms with Crippen molar-refractivity contribution in [3.8, 4) is 11.8 Å². The standard InChI is InChI=1S/C25H22F3N3O5S/c26-25(27,28)18-10-16(3-1-15(18)11-29)30-22(34)24(7-8-35-13-24)31(23(30)37)17-4-6-20-14(9-17)2-5-21(36-20)19(33)12-32/h1,3-4,6,9-10,19,21,32-33H,2,5,7-8,12-13H2. The molecule has 37 heavy (non-hydrogen) atoms. The van der Waals surface area contributed by atoms with Gasteiger partial charge in [0, 0.05) is 18.7 Å². The molecular formula is C25H22F3N3O5S. The molecule has 8 nitrogen and oxygen atoms in total. The minimum Gasteiger partial charge on any atom is -0.487 e. The Morgan fingerprint density at radius 1 is 1.24 bits per heavy atom. The molecule has 3 aliphatic heterocycles. The molecule has 3 heterocycles. The number of amides is 1. The Labute approximate surface area is 215 Å². The van der Waals surface area contributed by atoms with E-state index in [1.54, 1.807) is 29.2 Å². The van der Waals surface area contributed by atoms with Gasteiger partial charge in [0.1, 0.15) is 18.0 Å². The number of hydrogen-bond acceptors (Lipinski definition) is 7. The zero-order valence-corrected chi connectivity index (χ0v) is 20.2. The number of fused-ring (bicyclic) bond motifs is 1. The van der Waals surface area contributed by atoms with E-state index in [1.165, 1.54) is 6.07 Å². The first kappa shape index (κ1) is 25.4. The Morgan fingerprint density at radius 2 is 2.00 bits per heavy atom. The zero-order chi connectivity index (χ0) is 26.5. The molecular weight excluding hydrogens is 511 g/mol. The first-order valence-corrected chi connectivity index (χ1v) is 12.0. The van der Waals surface area contributed by atoms with Crippen LogP contribution in [0.5, 0.6) is 5.75 Å². The molecule has 2 aromatic rings. The molecule has 0 saturated carbocycles. The van der Waals surface area contributed by atoms with Crippen molar-refractivity contribution in [3.05, 3.63) is 53.1 Å². The van der Waals surface area contributed by atoms with Gasteiger partial charge in [0.25, 0.3) is 5.91 Å². The lowest BCUT2D eigenvalue weighted by atomic mass is 9.94. The number of aliphatic hydroxyl groups excluding tert-OH is 2. The van der Waals surface area contributed by atoms with Crippen LogP contribution in [0.2, 0.25) is 0 Å². The quantitative estimate of drug-likeness (QED) is 0.578. The third-order valence-electron chi connectivity index (χ3n) is 6.99. The number of hydrogen-bond donors (Lipinski definition) is 2. The molecule has 12 heteroatoms. The van der Waals surface area contributed by atoms with Gasteiger partial charge in [-0.2, -0.15) is 18.4 Å². The number of nitrogens with zero attached hydrogens (tertiary/aromatic N) is 3. The highest BCUT2D eigenvalue weighted by molar-refractivity contribution is 7.81. The molecule has 0 bridgehead atoms. The number of nitriles is 1. The summed E-state index contributed by atoms with van der Waals surface area (Å²) in [5, 5.41) is 28.3. The summed E-state index contributed by atoms with van der Waals surface area (Å²) < 4.78 is 52.3. The maximum absolute atomic E-state index is 13.8. The molecule has 2 N–H and O–H groups in total. The molecule has 194 valence electrons. The molecule has 3 atom stereocenters. The number of rotatable bonds is 4. The number of carbonyl (C=O) groups is 1. The van der Waals surface area contributed by atoms with E-state index in [2.05, 4.69) is 0 Å². The fraction of sp³-hybridized carbons (Fsp3) is 0.400. The van der Waals surface area contributed by atoms with Crippen molar-refractivity contribution >= 4 is 34.6 Å². The van der Waals surface area contributed by atoms with Crippen LogP contribution in [0.25, 0.3) is 0 Å². The van der Waals surface area contributed by atoms with Crippen molar-refractivity contribution in [2.24, 2.45) is 0 Å². The van der Waals surface area contributed by atoms with Gasteiger partial charge in [-0.15, -0.1) is 0 Å². The lowest BCUT2D eigenvalue weighted by molar-refractivity contribution is -0.137. The maximum atomic E-state index is 13.8. The van der Waals surface area contributed by atoms with E-state index in [1.807, 2.05) is 0 Å². The number of halogens is 3. The Morgan fingerprint density at radius 3 is 2.65 bits per heavy atom. The van der Waals surface area contributed by atoms with Crippen LogP contribution in [0.4, 0.5) is 24.5 Å². The Bertz CT molecular complexity index is 1310. The molecule has 0 aliphatic carbocycles. The number of ether oxygens (including phenoxy) is 2. The molecule has 0 radical (unpaired) electrons. The topological polar surface area (TPSA) is 106 Å². The predicted molar refractivity (Wildman–Crippen MR) is 129 cm³/mol. The molecule has 1 spiro atoms. The van der Waals surface area contributed by atoms with E-state index in [-0.39, 0.29) is 30.4 Å². The van der Waals surface area contributed by atoms with Crippen molar-refractivity contribution in [1.82, 2.24) is 0 Å². The van der Waals surface area contributed by atoms with E-state index < -0.39 is 47.6 Å². The SMILES string of the molecule is N#Cc1ccc(N2C(=O)C3(CCOC3)N(c3ccc4c(c3)CCC(C(O)CO)O4)C2=S)cc1C(F)(F)F. The van der Waals surface area contributed by atoms with Crippen LogP contribution in [0.15, 0.2) is 36.4 Å². The lowest BCUT2D eigenvalue weighted by Gasteiger charge is -2.33. The maximum Gasteiger partial charge on any atom is 0.417 e. The van der Waals surface area contributed by atoms with Crippen LogP contribution in [-0.2, 0) is 22.1 Å². The monoisotopic (exact) mass is 533 g/mol. The summed E-state index contributed by atoms with van der Waals surface area (Å²) in [7, 11) is 0. The summed E-state index contributed by atoms with van der Waals surface area (Å²) in [6.07, 6.45) is -5.08. The van der Waals surface area contributed by atoms with E-state index in [9.17, 15) is 28.2 Å². The van der Waals surface area contributed by atoms with Gasteiger partial charge in [-0.05, 0) is 67.0 Å². The number of anilines is 2. The summed E-state index contributed by atoms with van der Waals surface area (Å²) in [6.45, 7) is -0.149. The van der Waals surface area contributed by atoms with Gasteiger partial charge in [0.2, 0.25) is 0 Å². The largest absolute Gasteiger partial charge is 0.487 e. The molecule has 3 unspecified atom stereocenters. The number of aliphatic hydroxyl groups is 2. The van der Waals surface area contributed by atoms with Crippen LogP contribution in [0.3, 0.4) is 0 Å². The summed E-state index contributed by atoms with van der Waals surface area (Å²) in [5.74, 6) is 0.0207. The highest BCUT2D eigenvalue weighted by Crippen LogP contribution is 2.44. The summed E-state index contributed by atoms with van der Waals surface area (Å²) in [6, 6.07) is 9.79. The second-order valence-electron chi connectivity index (χ2n) is 9.17. The Balaban J connectivity index is 1.54. The molecule has 1 amide bonds. The van der Waals surface area contributed by atoms with Crippen LogP contribution in [-0.4, -0.2) is 58.8 Å². The third-order valence-corrected chi connectivity index (χ3v) is 7.36. The molecule has 2 fully saturated rings. The van der Waals surface area contributed by atoms with Crippen molar-refractivity contribution in [2.45, 2.75) is 43.2 Å². The zero-order valence-electron chi connectivity index (χ0n) is 19.4. The molecule has 0 aromatic heterocycles. The number of thiocarbonyl (C=S) groups is 1. The van der Waals surface area contributed by atoms with Crippen LogP contribution >= 0.6 is 12.2 Å². The van der Waals surface area contributed by atoms with Gasteiger partial charge < -0.3 is 24.6 Å². The van der Waals surface area contributed by atoms with Crippen molar-refractivity contribution in [2.75, 3.05) is 29.6 Å². The second kappa shape index (κ2) is 9.25. The first-order valence-electron chi connectivity index (χ1n) is 11.6. The number of alkyl halides is 3. The number of benzene rings is 2. The van der Waals surface area contributed by atoms with Crippen LogP contribution in [0, 0.1) is 11.3 Å². The van der Waals surface area contributed by atoms with Crippen LogP contribution in [0.1, 0.15) is 29.5 Å². The Hall–Kier alpha value is -3.24. The second-order valence-corrected chi connectivity index (χ2v) is 9.53. The van der Waals surface area contributed by atoms with E-state index >= 15 is 0 Å². The first-order chi connectivity index (χ1) is 17.6. The number of carbonyl (C=O) groups excluding carboxylic acids is 1. The van der Waals surface area contributed by atoms with E-state index in [0.717, 1.165) is 22.6 Å². The predicted octanol–water partition coefficient (Wildman–Crippen LogP) is 2.92. The van der Waals surface area contributed by atoms with Gasteiger partial charge in [0.15, 0.2) is 10.7 Å². The van der Waals surface area contributed by atoms with Gasteiger partial charge >= 0.3 is 6.18 Å². The summed E-state index contributed by atoms with van der Waals surface area (Å²) in [4.78, 5) is 16.5. The molecule has 3 aliphatic rings. The van der Waals surface area contributed by atoms with Crippen LogP contribution < -0.4 is 14.5 Å². The Kier molecular flexibility index (Phi) is 6.35. The molecule has 2 aromatic carbocycles. The molecule has 2 saturated heterocycles. The lowest BCUT2D eigenvalue weighted by Crippen LogP contribution is -2.50. The molecule has 5 rings (SSSR count). The van der Waals surface area contributed by atoms with Crippen molar-refractivity contribution in [3.63, 3.8) is 0 Å². The van der Waals surface area contributed by atoms with Gasteiger partial charge in [-0.3, -0.25) is 9.69 Å². The highest BCUT2D eigenvalue weighted by atomic mass is 32.1. The average molecular weight is 534 g/mol.